The van der Waals surface area contributed by atoms with Crippen molar-refractivity contribution in [2.45, 2.75) is 39.7 Å². The Kier molecular flexibility index (Phi) is 3.61. The molecule has 5 rings (SSSR count). The molecule has 142 valence electrons. The summed E-state index contributed by atoms with van der Waals surface area (Å²) < 4.78 is 5.27. The fraction of sp³-hybridized carbons (Fsp3) is 0.842. The Morgan fingerprint density at radius 3 is 2.42 bits per heavy atom. The van der Waals surface area contributed by atoms with E-state index in [4.69, 9.17) is 4.52 Å². The minimum atomic E-state index is 0.320. The number of amides is 1. The normalized spacial score (nSPS) is 32.3. The van der Waals surface area contributed by atoms with Gasteiger partial charge in [-0.1, -0.05) is 5.16 Å². The van der Waals surface area contributed by atoms with Gasteiger partial charge in [-0.3, -0.25) is 9.69 Å². The summed E-state index contributed by atoms with van der Waals surface area (Å²) in [5, 5.41) is 3.88. The third-order valence-electron chi connectivity index (χ3n) is 7.28. The highest BCUT2D eigenvalue weighted by molar-refractivity contribution is 5.82. The number of aromatic nitrogens is 2. The summed E-state index contributed by atoms with van der Waals surface area (Å²) in [6.07, 6.45) is 2.56. The van der Waals surface area contributed by atoms with Gasteiger partial charge in [0.05, 0.1) is 0 Å². The lowest BCUT2D eigenvalue weighted by Crippen LogP contribution is -2.66. The molecule has 1 aromatic rings. The lowest BCUT2D eigenvalue weighted by atomic mass is 9.60. The van der Waals surface area contributed by atoms with Gasteiger partial charge in [-0.05, 0) is 45.4 Å². The number of carbonyl (C=O) groups excluding carboxylic acids is 1. The van der Waals surface area contributed by atoms with E-state index >= 15 is 0 Å². The van der Waals surface area contributed by atoms with E-state index < -0.39 is 0 Å². The Morgan fingerprint density at radius 2 is 1.88 bits per heavy atom. The number of hydrogen-bond acceptors (Lipinski definition) is 6. The first-order valence-electron chi connectivity index (χ1n) is 10.1. The highest BCUT2D eigenvalue weighted by Gasteiger charge is 2.63. The summed E-state index contributed by atoms with van der Waals surface area (Å²) in [4.78, 5) is 23.7. The Morgan fingerprint density at radius 1 is 1.23 bits per heavy atom. The fourth-order valence-electron chi connectivity index (χ4n) is 5.74. The SMILES string of the molecule is CCN(CC)C(=O)[C@@H]1[C@@H]2CN(C3CC4(C3)CN(c3nc(C)no3)C4)C[C@@H]21. The molecule has 0 unspecified atom stereocenters. The highest BCUT2D eigenvalue weighted by Crippen LogP contribution is 2.57. The number of rotatable bonds is 5. The number of hydrogen-bond donors (Lipinski definition) is 0. The second kappa shape index (κ2) is 5.68. The fourth-order valence-corrected chi connectivity index (χ4v) is 5.74. The molecule has 0 bridgehead atoms. The topological polar surface area (TPSA) is 65.7 Å². The molecule has 0 aromatic carbocycles. The van der Waals surface area contributed by atoms with Crippen molar-refractivity contribution in [1.82, 2.24) is 19.9 Å². The molecule has 4 fully saturated rings. The molecule has 7 nitrogen and oxygen atoms in total. The van der Waals surface area contributed by atoms with Crippen molar-refractivity contribution >= 4 is 11.9 Å². The minimum absolute atomic E-state index is 0.320. The zero-order chi connectivity index (χ0) is 18.1. The van der Waals surface area contributed by atoms with Gasteiger partial charge in [0, 0.05) is 56.6 Å². The van der Waals surface area contributed by atoms with Crippen LogP contribution in [0.15, 0.2) is 4.52 Å². The molecule has 1 amide bonds. The van der Waals surface area contributed by atoms with E-state index in [-0.39, 0.29) is 0 Å². The molecule has 26 heavy (non-hydrogen) atoms. The van der Waals surface area contributed by atoms with E-state index in [0.29, 0.717) is 40.9 Å². The number of anilines is 1. The smallest absolute Gasteiger partial charge is 0.324 e. The maximum Gasteiger partial charge on any atom is 0.324 e. The van der Waals surface area contributed by atoms with E-state index in [1.165, 1.54) is 12.8 Å². The third kappa shape index (κ3) is 2.39. The molecule has 2 saturated carbocycles. The molecule has 2 aliphatic carbocycles. The molecule has 0 radical (unpaired) electrons. The van der Waals surface area contributed by atoms with Gasteiger partial charge in [0.15, 0.2) is 5.82 Å². The van der Waals surface area contributed by atoms with Gasteiger partial charge >= 0.3 is 6.01 Å². The van der Waals surface area contributed by atoms with Crippen molar-refractivity contribution in [2.75, 3.05) is 44.2 Å². The molecule has 0 N–H and O–H groups in total. The van der Waals surface area contributed by atoms with Crippen LogP contribution in [0.25, 0.3) is 0 Å². The number of fused-ring (bicyclic) bond motifs is 1. The molecular formula is C19H29N5O2. The second-order valence-corrected chi connectivity index (χ2v) is 8.86. The first-order valence-corrected chi connectivity index (χ1v) is 10.1. The van der Waals surface area contributed by atoms with Crippen LogP contribution >= 0.6 is 0 Å². The Balaban J connectivity index is 1.09. The van der Waals surface area contributed by atoms with Crippen LogP contribution in [0.3, 0.4) is 0 Å². The summed E-state index contributed by atoms with van der Waals surface area (Å²) in [5.41, 5.74) is 0.469. The predicted molar refractivity (Wildman–Crippen MR) is 96.7 cm³/mol. The highest BCUT2D eigenvalue weighted by atomic mass is 16.5. The predicted octanol–water partition coefficient (Wildman–Crippen LogP) is 1.39. The lowest BCUT2D eigenvalue weighted by Gasteiger charge is -2.60. The Bertz CT molecular complexity index is 689. The van der Waals surface area contributed by atoms with Crippen molar-refractivity contribution in [3.8, 4) is 0 Å². The maximum absolute atomic E-state index is 12.6. The van der Waals surface area contributed by atoms with E-state index in [9.17, 15) is 4.79 Å². The number of carbonyl (C=O) groups is 1. The van der Waals surface area contributed by atoms with Crippen molar-refractivity contribution in [3.63, 3.8) is 0 Å². The van der Waals surface area contributed by atoms with E-state index in [1.807, 2.05) is 11.8 Å². The second-order valence-electron chi connectivity index (χ2n) is 8.86. The van der Waals surface area contributed by atoms with Gasteiger partial charge in [0.25, 0.3) is 0 Å². The van der Waals surface area contributed by atoms with Crippen LogP contribution in [0.4, 0.5) is 6.01 Å². The van der Waals surface area contributed by atoms with Crippen LogP contribution in [-0.4, -0.2) is 71.2 Å². The molecule has 2 aliphatic heterocycles. The van der Waals surface area contributed by atoms with Gasteiger partial charge in [0.2, 0.25) is 5.91 Å². The summed E-state index contributed by atoms with van der Waals surface area (Å²) in [7, 11) is 0. The van der Waals surface area contributed by atoms with Gasteiger partial charge in [0.1, 0.15) is 0 Å². The first-order chi connectivity index (χ1) is 12.5. The van der Waals surface area contributed by atoms with Crippen LogP contribution < -0.4 is 4.90 Å². The Labute approximate surface area is 154 Å². The molecule has 3 atom stereocenters. The van der Waals surface area contributed by atoms with Crippen molar-refractivity contribution in [3.05, 3.63) is 5.82 Å². The summed E-state index contributed by atoms with van der Waals surface area (Å²) in [5.74, 6) is 2.68. The zero-order valence-corrected chi connectivity index (χ0v) is 16.0. The lowest BCUT2D eigenvalue weighted by molar-refractivity contribution is -0.133. The summed E-state index contributed by atoms with van der Waals surface area (Å²) in [6.45, 7) is 12.1. The summed E-state index contributed by atoms with van der Waals surface area (Å²) in [6, 6.07) is 1.40. The largest absolute Gasteiger partial charge is 0.343 e. The first kappa shape index (κ1) is 16.5. The van der Waals surface area contributed by atoms with Crippen LogP contribution in [0, 0.1) is 30.1 Å². The Hall–Kier alpha value is -1.63. The van der Waals surface area contributed by atoms with Crippen molar-refractivity contribution in [2.24, 2.45) is 23.2 Å². The average Bonchev–Trinajstić information content (AvgIpc) is 2.88. The van der Waals surface area contributed by atoms with E-state index in [2.05, 4.69) is 33.8 Å². The molecule has 1 spiro atoms. The van der Waals surface area contributed by atoms with E-state index in [1.54, 1.807) is 0 Å². The van der Waals surface area contributed by atoms with Crippen LogP contribution in [0.2, 0.25) is 0 Å². The monoisotopic (exact) mass is 359 g/mol. The number of likely N-dealkylation sites (tertiary alicyclic amines) is 1. The van der Waals surface area contributed by atoms with Crippen LogP contribution in [0.5, 0.6) is 0 Å². The van der Waals surface area contributed by atoms with Gasteiger partial charge in [-0.15, -0.1) is 0 Å². The van der Waals surface area contributed by atoms with E-state index in [0.717, 1.165) is 45.3 Å². The standard InChI is InChI=1S/C19H29N5O2/c1-4-22(5-2)17(25)16-14-8-23(9-15(14)16)13-6-19(7-13)10-24(11-19)18-20-12(3)21-26-18/h13-16H,4-11H2,1-3H3/t14-,15+,16-. The number of nitrogens with zero attached hydrogens (tertiary/aromatic N) is 5. The molecule has 1 aromatic heterocycles. The number of aryl methyl sites for hydroxylation is 1. The van der Waals surface area contributed by atoms with Gasteiger partial charge < -0.3 is 14.3 Å². The quantitative estimate of drug-likeness (QED) is 0.792. The zero-order valence-electron chi connectivity index (χ0n) is 16.0. The van der Waals surface area contributed by atoms with Crippen LogP contribution in [-0.2, 0) is 4.79 Å². The molecule has 3 heterocycles. The van der Waals surface area contributed by atoms with Crippen LogP contribution in [0.1, 0.15) is 32.5 Å². The van der Waals surface area contributed by atoms with Crippen molar-refractivity contribution < 1.29 is 9.32 Å². The third-order valence-corrected chi connectivity index (χ3v) is 7.28. The van der Waals surface area contributed by atoms with Gasteiger partial charge in [-0.2, -0.15) is 4.98 Å². The summed E-state index contributed by atoms with van der Waals surface area (Å²) >= 11 is 0. The molecule has 4 aliphatic rings. The minimum Gasteiger partial charge on any atom is -0.343 e. The van der Waals surface area contributed by atoms with Crippen molar-refractivity contribution in [1.29, 1.82) is 0 Å². The molecule has 2 saturated heterocycles. The molecule has 7 heteroatoms. The molecular weight excluding hydrogens is 330 g/mol. The maximum atomic E-state index is 12.6. The average molecular weight is 359 g/mol. The number of piperidine rings is 1. The van der Waals surface area contributed by atoms with Gasteiger partial charge in [-0.25, -0.2) is 0 Å².